The van der Waals surface area contributed by atoms with Crippen molar-refractivity contribution < 1.29 is 18.0 Å². The van der Waals surface area contributed by atoms with E-state index in [1.54, 1.807) is 24.0 Å². The summed E-state index contributed by atoms with van der Waals surface area (Å²) in [7, 11) is 1.72. The van der Waals surface area contributed by atoms with Crippen LogP contribution in [0.4, 0.5) is 13.2 Å². The van der Waals surface area contributed by atoms with Crippen molar-refractivity contribution in [3.05, 3.63) is 18.0 Å². The van der Waals surface area contributed by atoms with E-state index in [9.17, 15) is 18.0 Å². The first-order valence-electron chi connectivity index (χ1n) is 5.67. The predicted octanol–water partition coefficient (Wildman–Crippen LogP) is 2.33. The summed E-state index contributed by atoms with van der Waals surface area (Å²) in [6.07, 6.45) is -3.76. The van der Waals surface area contributed by atoms with Crippen molar-refractivity contribution in [1.82, 2.24) is 15.1 Å². The van der Waals surface area contributed by atoms with Crippen LogP contribution < -0.4 is 5.32 Å². The minimum Gasteiger partial charge on any atom is -0.348 e. The highest BCUT2D eigenvalue weighted by molar-refractivity contribution is 5.76. The fourth-order valence-electron chi connectivity index (χ4n) is 1.63. The predicted molar refractivity (Wildman–Crippen MR) is 59.7 cm³/mol. The molecule has 0 spiro atoms. The van der Waals surface area contributed by atoms with E-state index in [1.807, 2.05) is 6.92 Å². The third-order valence-corrected chi connectivity index (χ3v) is 2.59. The van der Waals surface area contributed by atoms with Gasteiger partial charge in [-0.05, 0) is 12.5 Å². The third kappa shape index (κ3) is 4.38. The fraction of sp³-hybridized carbons (Fsp3) is 0.636. The van der Waals surface area contributed by atoms with Gasteiger partial charge in [0.1, 0.15) is 0 Å². The second-order valence-electron chi connectivity index (χ2n) is 4.02. The first-order chi connectivity index (χ1) is 8.33. The van der Waals surface area contributed by atoms with Crippen molar-refractivity contribution in [3.8, 4) is 0 Å². The van der Waals surface area contributed by atoms with Gasteiger partial charge < -0.3 is 5.32 Å². The molecule has 1 N–H and O–H groups in total. The van der Waals surface area contributed by atoms with Crippen LogP contribution in [-0.2, 0) is 11.8 Å². The van der Waals surface area contributed by atoms with Crippen molar-refractivity contribution >= 4 is 5.91 Å². The van der Waals surface area contributed by atoms with Crippen LogP contribution in [0.5, 0.6) is 0 Å². The summed E-state index contributed by atoms with van der Waals surface area (Å²) >= 11 is 0. The number of carbonyl (C=O) groups is 1. The van der Waals surface area contributed by atoms with Crippen molar-refractivity contribution in [2.45, 2.75) is 38.4 Å². The standard InChI is InChI=1S/C11H16F3N3O/c1-3-8(9-5-7-15-17(9)2)16-10(18)4-6-11(12,13)14/h5,7-8H,3-4,6H2,1-2H3,(H,16,18)/t8-/m1/s1. The normalized spacial score (nSPS) is 13.4. The molecule has 0 aliphatic carbocycles. The average Bonchev–Trinajstić information content (AvgIpc) is 2.68. The summed E-state index contributed by atoms with van der Waals surface area (Å²) in [5.41, 5.74) is 0.776. The highest BCUT2D eigenvalue weighted by Gasteiger charge is 2.28. The number of halogens is 3. The second kappa shape index (κ2) is 5.88. The van der Waals surface area contributed by atoms with Crippen LogP contribution in [0.3, 0.4) is 0 Å². The van der Waals surface area contributed by atoms with Crippen molar-refractivity contribution in [2.24, 2.45) is 7.05 Å². The Morgan fingerprint density at radius 3 is 2.67 bits per heavy atom. The van der Waals surface area contributed by atoms with Crippen LogP contribution in [0, 0.1) is 0 Å². The Morgan fingerprint density at radius 1 is 1.56 bits per heavy atom. The molecule has 1 amide bonds. The lowest BCUT2D eigenvalue weighted by Crippen LogP contribution is -2.30. The molecule has 0 unspecified atom stereocenters. The van der Waals surface area contributed by atoms with Crippen LogP contribution in [0.2, 0.25) is 0 Å². The van der Waals surface area contributed by atoms with Gasteiger partial charge in [-0.1, -0.05) is 6.92 Å². The van der Waals surface area contributed by atoms with Gasteiger partial charge in [0.15, 0.2) is 0 Å². The minimum absolute atomic E-state index is 0.307. The smallest absolute Gasteiger partial charge is 0.348 e. The first kappa shape index (κ1) is 14.5. The molecule has 1 aromatic rings. The molecule has 4 nitrogen and oxygen atoms in total. The maximum Gasteiger partial charge on any atom is 0.389 e. The maximum atomic E-state index is 12.0. The quantitative estimate of drug-likeness (QED) is 0.886. The zero-order chi connectivity index (χ0) is 13.8. The number of nitrogens with one attached hydrogen (secondary N) is 1. The molecule has 7 heteroatoms. The van der Waals surface area contributed by atoms with Crippen molar-refractivity contribution in [3.63, 3.8) is 0 Å². The van der Waals surface area contributed by atoms with Gasteiger partial charge in [-0.3, -0.25) is 9.48 Å². The van der Waals surface area contributed by atoms with Crippen molar-refractivity contribution in [1.29, 1.82) is 0 Å². The average molecular weight is 263 g/mol. The number of hydrogen-bond donors (Lipinski definition) is 1. The molecule has 0 bridgehead atoms. The first-order valence-corrected chi connectivity index (χ1v) is 5.67. The van der Waals surface area contributed by atoms with Gasteiger partial charge in [-0.2, -0.15) is 18.3 Å². The van der Waals surface area contributed by atoms with E-state index in [-0.39, 0.29) is 6.04 Å². The molecule has 0 aliphatic heterocycles. The molecule has 0 radical (unpaired) electrons. The van der Waals surface area contributed by atoms with E-state index >= 15 is 0 Å². The highest BCUT2D eigenvalue weighted by Crippen LogP contribution is 2.22. The molecule has 1 heterocycles. The number of carbonyl (C=O) groups excluding carboxylic acids is 1. The summed E-state index contributed by atoms with van der Waals surface area (Å²) in [4.78, 5) is 11.4. The topological polar surface area (TPSA) is 46.9 Å². The monoisotopic (exact) mass is 263 g/mol. The Labute approximate surface area is 103 Å². The summed E-state index contributed by atoms with van der Waals surface area (Å²) in [6.45, 7) is 1.85. The SMILES string of the molecule is CC[C@@H](NC(=O)CCC(F)(F)F)c1ccnn1C. The molecule has 0 fully saturated rings. The van der Waals surface area contributed by atoms with Gasteiger partial charge in [-0.15, -0.1) is 0 Å². The van der Waals surface area contributed by atoms with Crippen LogP contribution in [0.1, 0.15) is 37.9 Å². The molecule has 0 aromatic carbocycles. The van der Waals surface area contributed by atoms with Crippen LogP contribution in [-0.4, -0.2) is 21.9 Å². The van der Waals surface area contributed by atoms with Gasteiger partial charge in [-0.25, -0.2) is 0 Å². The second-order valence-corrected chi connectivity index (χ2v) is 4.02. The number of aromatic nitrogens is 2. The van der Waals surface area contributed by atoms with E-state index < -0.39 is 24.9 Å². The molecule has 0 aliphatic rings. The third-order valence-electron chi connectivity index (χ3n) is 2.59. The van der Waals surface area contributed by atoms with E-state index in [1.165, 1.54) is 0 Å². The summed E-state index contributed by atoms with van der Waals surface area (Å²) in [5.74, 6) is -0.597. The molecule has 1 atom stereocenters. The molecule has 1 aromatic heterocycles. The van der Waals surface area contributed by atoms with Gasteiger partial charge in [0.05, 0.1) is 18.2 Å². The molecule has 102 valence electrons. The number of alkyl halides is 3. The van der Waals surface area contributed by atoms with Crippen LogP contribution >= 0.6 is 0 Å². The molecule has 18 heavy (non-hydrogen) atoms. The van der Waals surface area contributed by atoms with Crippen molar-refractivity contribution in [2.75, 3.05) is 0 Å². The molecule has 0 saturated heterocycles. The summed E-state index contributed by atoms with van der Waals surface area (Å²) < 4.78 is 37.5. The number of aryl methyl sites for hydroxylation is 1. The van der Waals surface area contributed by atoms with E-state index in [4.69, 9.17) is 0 Å². The van der Waals surface area contributed by atoms with Crippen LogP contribution in [0.25, 0.3) is 0 Å². The molecule has 0 saturated carbocycles. The minimum atomic E-state index is -4.30. The summed E-state index contributed by atoms with van der Waals surface area (Å²) in [5, 5.41) is 6.55. The Hall–Kier alpha value is -1.53. The Morgan fingerprint density at radius 2 is 2.22 bits per heavy atom. The number of rotatable bonds is 5. The van der Waals surface area contributed by atoms with Gasteiger partial charge in [0.2, 0.25) is 5.91 Å². The lowest BCUT2D eigenvalue weighted by molar-refractivity contribution is -0.144. The highest BCUT2D eigenvalue weighted by atomic mass is 19.4. The lowest BCUT2D eigenvalue weighted by atomic mass is 10.1. The van der Waals surface area contributed by atoms with Gasteiger partial charge in [0, 0.05) is 19.7 Å². The molecule has 1 rings (SSSR count). The van der Waals surface area contributed by atoms with E-state index in [0.29, 0.717) is 6.42 Å². The van der Waals surface area contributed by atoms with Crippen LogP contribution in [0.15, 0.2) is 12.3 Å². The number of hydrogen-bond acceptors (Lipinski definition) is 2. The summed E-state index contributed by atoms with van der Waals surface area (Å²) in [6, 6.07) is 1.43. The van der Waals surface area contributed by atoms with E-state index in [0.717, 1.165) is 5.69 Å². The van der Waals surface area contributed by atoms with Gasteiger partial charge in [0.25, 0.3) is 0 Å². The number of amides is 1. The largest absolute Gasteiger partial charge is 0.389 e. The maximum absolute atomic E-state index is 12.0. The number of nitrogens with zero attached hydrogens (tertiary/aromatic N) is 2. The molecular formula is C11H16F3N3O. The zero-order valence-electron chi connectivity index (χ0n) is 10.3. The Kier molecular flexibility index (Phi) is 4.75. The lowest BCUT2D eigenvalue weighted by Gasteiger charge is -2.17. The Bertz CT molecular complexity index is 400. The van der Waals surface area contributed by atoms with E-state index in [2.05, 4.69) is 10.4 Å². The van der Waals surface area contributed by atoms with Gasteiger partial charge >= 0.3 is 6.18 Å². The zero-order valence-corrected chi connectivity index (χ0v) is 10.3. The fourth-order valence-corrected chi connectivity index (χ4v) is 1.63. The Balaban J connectivity index is 2.54. The molecular weight excluding hydrogens is 247 g/mol.